The van der Waals surface area contributed by atoms with Gasteiger partial charge >= 0.3 is 0 Å². The van der Waals surface area contributed by atoms with Crippen LogP contribution in [0.15, 0.2) is 89.8 Å². The quantitative estimate of drug-likeness (QED) is 0.325. The van der Waals surface area contributed by atoms with Gasteiger partial charge in [0.1, 0.15) is 0 Å². The highest BCUT2D eigenvalue weighted by Gasteiger charge is 2.41. The van der Waals surface area contributed by atoms with Crippen molar-refractivity contribution in [3.8, 4) is 0 Å². The van der Waals surface area contributed by atoms with Gasteiger partial charge in [-0.3, -0.25) is 9.10 Å². The largest absolute Gasteiger partial charge is 0.506 e. The van der Waals surface area contributed by atoms with Gasteiger partial charge in [0.05, 0.1) is 12.2 Å². The molecule has 1 aliphatic heterocycles. The summed E-state index contributed by atoms with van der Waals surface area (Å²) in [5.74, 6) is -1.58. The number of halogens is 2. The summed E-state index contributed by atoms with van der Waals surface area (Å²) >= 11 is 12.1. The summed E-state index contributed by atoms with van der Waals surface area (Å²) in [7, 11) is -4.47. The third-order valence-corrected chi connectivity index (χ3v) is 8.02. The van der Waals surface area contributed by atoms with Crippen molar-refractivity contribution in [2.75, 3.05) is 9.62 Å². The van der Waals surface area contributed by atoms with Gasteiger partial charge in [-0.05, 0) is 47.3 Å². The highest BCUT2D eigenvalue weighted by molar-refractivity contribution is 7.97. The van der Waals surface area contributed by atoms with Crippen LogP contribution in [0.25, 0.3) is 16.5 Å². The number of aliphatic hydroxyl groups excluding tert-OH is 1. The number of benzene rings is 4. The fraction of sp³-hybridized carbons (Fsp3) is 0.0385. The van der Waals surface area contributed by atoms with E-state index in [0.717, 1.165) is 15.1 Å². The Bertz CT molecular complexity index is 1610. The summed E-state index contributed by atoms with van der Waals surface area (Å²) in [6.07, 6.45) is 0. The summed E-state index contributed by atoms with van der Waals surface area (Å²) in [5.41, 5.74) is 1.42. The number of nitrogens with one attached hydrogen (secondary N) is 1. The van der Waals surface area contributed by atoms with Crippen LogP contribution in [0.1, 0.15) is 11.1 Å². The van der Waals surface area contributed by atoms with Crippen molar-refractivity contribution in [3.05, 3.63) is 111 Å². The van der Waals surface area contributed by atoms with Crippen LogP contribution in [0.4, 0.5) is 11.4 Å². The van der Waals surface area contributed by atoms with Crippen LogP contribution in [0, 0.1) is 0 Å². The summed E-state index contributed by atoms with van der Waals surface area (Å²) in [6.45, 7) is -0.0921. The molecule has 0 aromatic heterocycles. The minimum atomic E-state index is -4.47. The SMILES string of the molecule is O=C(Nc1cccc2ccccc12)C1=C(O)c2ccc(Cl)cc2N(Cc2ccc(Cl)cc2)S1(=O)=O. The molecule has 0 spiro atoms. The first-order chi connectivity index (χ1) is 16.8. The zero-order valence-corrected chi connectivity index (χ0v) is 20.4. The Hall–Kier alpha value is -3.52. The second kappa shape index (κ2) is 8.92. The molecule has 0 bridgehead atoms. The highest BCUT2D eigenvalue weighted by Crippen LogP contribution is 2.41. The highest BCUT2D eigenvalue weighted by atomic mass is 35.5. The van der Waals surface area contributed by atoms with Crippen LogP contribution in [0.2, 0.25) is 10.0 Å². The van der Waals surface area contributed by atoms with Crippen LogP contribution in [0.3, 0.4) is 0 Å². The lowest BCUT2D eigenvalue weighted by molar-refractivity contribution is -0.112. The van der Waals surface area contributed by atoms with Crippen molar-refractivity contribution in [2.45, 2.75) is 6.54 Å². The monoisotopic (exact) mass is 524 g/mol. The maximum absolute atomic E-state index is 13.7. The number of carbonyl (C=O) groups excluding carboxylic acids is 1. The first kappa shape index (κ1) is 23.2. The maximum atomic E-state index is 13.7. The average Bonchev–Trinajstić information content (AvgIpc) is 2.83. The minimum Gasteiger partial charge on any atom is -0.506 e. The van der Waals surface area contributed by atoms with Gasteiger partial charge in [0, 0.05) is 26.7 Å². The first-order valence-electron chi connectivity index (χ1n) is 10.5. The first-order valence-corrected chi connectivity index (χ1v) is 12.7. The number of amides is 1. The number of carbonyl (C=O) groups is 1. The Morgan fingerprint density at radius 3 is 2.34 bits per heavy atom. The van der Waals surface area contributed by atoms with Gasteiger partial charge in [-0.25, -0.2) is 8.42 Å². The molecule has 9 heteroatoms. The van der Waals surface area contributed by atoms with Crippen LogP contribution in [-0.4, -0.2) is 19.4 Å². The summed E-state index contributed by atoms with van der Waals surface area (Å²) < 4.78 is 28.5. The van der Waals surface area contributed by atoms with Gasteiger partial charge in [-0.1, -0.05) is 71.7 Å². The normalized spacial score (nSPS) is 14.6. The van der Waals surface area contributed by atoms with E-state index >= 15 is 0 Å². The molecular formula is C26H18Cl2N2O4S. The Morgan fingerprint density at radius 2 is 1.57 bits per heavy atom. The molecule has 5 rings (SSSR count). The second-order valence-electron chi connectivity index (χ2n) is 7.96. The smallest absolute Gasteiger partial charge is 0.273 e. The number of aliphatic hydroxyl groups is 1. The molecule has 0 saturated carbocycles. The van der Waals surface area contributed by atoms with Gasteiger partial charge in [-0.2, -0.15) is 0 Å². The zero-order chi connectivity index (χ0) is 24.7. The van der Waals surface area contributed by atoms with Gasteiger partial charge in [-0.15, -0.1) is 0 Å². The zero-order valence-electron chi connectivity index (χ0n) is 18.1. The molecule has 0 radical (unpaired) electrons. The number of hydrogen-bond acceptors (Lipinski definition) is 4. The Balaban J connectivity index is 1.61. The molecule has 6 nitrogen and oxygen atoms in total. The van der Waals surface area contributed by atoms with Gasteiger partial charge in [0.25, 0.3) is 15.9 Å². The number of fused-ring (bicyclic) bond motifs is 2. The number of anilines is 2. The fourth-order valence-corrected chi connectivity index (χ4v) is 5.94. The third-order valence-electron chi connectivity index (χ3n) is 5.73. The van der Waals surface area contributed by atoms with Crippen LogP contribution in [-0.2, 0) is 21.4 Å². The lowest BCUT2D eigenvalue weighted by Gasteiger charge is -2.31. The molecule has 0 atom stereocenters. The second-order valence-corrected chi connectivity index (χ2v) is 10.6. The van der Waals surface area contributed by atoms with Crippen molar-refractivity contribution >= 4 is 67.0 Å². The summed E-state index contributed by atoms with van der Waals surface area (Å²) in [6, 6.07) is 23.8. The Kier molecular flexibility index (Phi) is 5.92. The molecular weight excluding hydrogens is 507 g/mol. The molecule has 4 aromatic rings. The van der Waals surface area contributed by atoms with Crippen LogP contribution >= 0.6 is 23.2 Å². The topological polar surface area (TPSA) is 86.7 Å². The van der Waals surface area contributed by atoms with Crippen LogP contribution in [0.5, 0.6) is 0 Å². The molecule has 0 unspecified atom stereocenters. The van der Waals surface area contributed by atoms with E-state index in [9.17, 15) is 18.3 Å². The number of sulfonamides is 1. The van der Waals surface area contributed by atoms with Crippen LogP contribution < -0.4 is 9.62 Å². The van der Waals surface area contributed by atoms with E-state index in [1.807, 2.05) is 30.3 Å². The lowest BCUT2D eigenvalue weighted by Crippen LogP contribution is -2.39. The number of rotatable bonds is 4. The van der Waals surface area contributed by atoms with E-state index in [-0.39, 0.29) is 22.8 Å². The van der Waals surface area contributed by atoms with E-state index in [1.165, 1.54) is 18.2 Å². The summed E-state index contributed by atoms with van der Waals surface area (Å²) in [4.78, 5) is 12.6. The van der Waals surface area contributed by atoms with Crippen molar-refractivity contribution < 1.29 is 18.3 Å². The standard InChI is InChI=1S/C26H18Cl2N2O4S/c27-18-10-8-16(9-11-18)15-30-23-14-19(28)12-13-21(23)24(31)25(35(30,33)34)26(32)29-22-7-3-5-17-4-1-2-6-20(17)22/h1-14,31H,15H2,(H,29,32). The van der Waals surface area contributed by atoms with Gasteiger partial charge in [0.2, 0.25) is 0 Å². The Morgan fingerprint density at radius 1 is 0.886 bits per heavy atom. The maximum Gasteiger partial charge on any atom is 0.273 e. The van der Waals surface area contributed by atoms with Gasteiger partial charge in [0.15, 0.2) is 10.7 Å². The van der Waals surface area contributed by atoms with Crippen molar-refractivity contribution in [3.63, 3.8) is 0 Å². The van der Waals surface area contributed by atoms with E-state index in [2.05, 4.69) is 5.32 Å². The molecule has 4 aromatic carbocycles. The van der Waals surface area contributed by atoms with E-state index < -0.39 is 26.6 Å². The fourth-order valence-electron chi connectivity index (χ4n) is 4.06. The molecule has 35 heavy (non-hydrogen) atoms. The molecule has 0 saturated heterocycles. The predicted molar refractivity (Wildman–Crippen MR) is 140 cm³/mol. The molecule has 176 valence electrons. The van der Waals surface area contributed by atoms with E-state index in [1.54, 1.807) is 36.4 Å². The van der Waals surface area contributed by atoms with E-state index in [4.69, 9.17) is 23.2 Å². The molecule has 0 fully saturated rings. The average molecular weight is 525 g/mol. The predicted octanol–water partition coefficient (Wildman–Crippen LogP) is 6.36. The van der Waals surface area contributed by atoms with Crippen molar-refractivity contribution in [2.24, 2.45) is 0 Å². The third kappa shape index (κ3) is 4.23. The minimum absolute atomic E-state index is 0.0921. The molecule has 1 aliphatic rings. The van der Waals surface area contributed by atoms with Crippen molar-refractivity contribution in [1.82, 2.24) is 0 Å². The lowest BCUT2D eigenvalue weighted by atomic mass is 10.1. The number of hydrogen-bond donors (Lipinski definition) is 2. The molecule has 1 heterocycles. The number of nitrogens with zero attached hydrogens (tertiary/aromatic N) is 1. The molecule has 0 aliphatic carbocycles. The summed E-state index contributed by atoms with van der Waals surface area (Å²) in [5, 5.41) is 16.1. The van der Waals surface area contributed by atoms with Gasteiger partial charge < -0.3 is 10.4 Å². The molecule has 2 N–H and O–H groups in total. The molecule has 1 amide bonds. The Labute approximate surface area is 212 Å². The van der Waals surface area contributed by atoms with E-state index in [0.29, 0.717) is 16.3 Å². The van der Waals surface area contributed by atoms with Crippen molar-refractivity contribution in [1.29, 1.82) is 0 Å².